The van der Waals surface area contributed by atoms with E-state index in [1.54, 1.807) is 0 Å². The minimum absolute atomic E-state index is 0. The van der Waals surface area contributed by atoms with Crippen molar-refractivity contribution in [3.05, 3.63) is 0 Å². The number of hydrogen-bond donors (Lipinski definition) is 1. The first kappa shape index (κ1) is 9.28. The first-order valence-electron chi connectivity index (χ1n) is 1.52. The monoisotopic (exact) mass is 361 g/mol. The van der Waals surface area contributed by atoms with Crippen molar-refractivity contribution in [3.63, 3.8) is 0 Å². The third-order valence-electron chi connectivity index (χ3n) is 0.373. The summed E-state index contributed by atoms with van der Waals surface area (Å²) < 4.78 is 15.3. The van der Waals surface area contributed by atoms with Crippen molar-refractivity contribution in [1.82, 2.24) is 0 Å². The summed E-state index contributed by atoms with van der Waals surface area (Å²) in [5.74, 6) is 0. The molecule has 0 fully saturated rings. The van der Waals surface area contributed by atoms with Crippen LogP contribution in [-0.2, 0) is 4.74 Å². The molecule has 0 radical (unpaired) electrons. The zero-order chi connectivity index (χ0) is 5.21. The van der Waals surface area contributed by atoms with Crippen molar-refractivity contribution in [2.24, 2.45) is 0 Å². The second-order valence-electron chi connectivity index (χ2n) is 1.07. The van der Waals surface area contributed by atoms with E-state index in [2.05, 4.69) is 4.74 Å². The van der Waals surface area contributed by atoms with Gasteiger partial charge in [0.05, 0.1) is 0 Å². The van der Waals surface area contributed by atoms with Gasteiger partial charge in [0.1, 0.15) is 0 Å². The predicted molar refractivity (Wildman–Crippen MR) is 18.7 cm³/mol. The van der Waals surface area contributed by atoms with E-state index in [9.17, 15) is 4.39 Å². The number of rotatable bonds is 1. The van der Waals surface area contributed by atoms with Gasteiger partial charge in [-0.25, -0.2) is 0 Å². The Labute approximate surface area is 35.5 Å². The molecule has 0 saturated carbocycles. The van der Waals surface area contributed by atoms with Crippen molar-refractivity contribution in [2.45, 2.75) is 13.0 Å². The van der Waals surface area contributed by atoms with E-state index in [1.807, 2.05) is 0 Å². The Kier molecular flexibility index (Phi) is 2.79. The molecule has 40 valence electrons. The second-order valence-corrected chi connectivity index (χ2v) is 1.07. The van der Waals surface area contributed by atoms with Gasteiger partial charge in [0.15, 0.2) is 0 Å². The van der Waals surface area contributed by atoms with Crippen molar-refractivity contribution in [3.8, 4) is 0 Å². The molecule has 0 aliphatic rings. The van der Waals surface area contributed by atoms with Crippen molar-refractivity contribution in [2.75, 3.05) is 7.11 Å². The molecule has 0 heterocycles. The van der Waals surface area contributed by atoms with Gasteiger partial charge in [0.25, 0.3) is 0 Å². The van der Waals surface area contributed by atoms with Gasteiger partial charge in [-0.05, 0) is 0 Å². The molecule has 7 heavy (non-hydrogen) atoms. The van der Waals surface area contributed by atoms with Gasteiger partial charge >= 0.3 is 6.04 Å². The molecule has 0 aliphatic carbocycles. The molecule has 1 unspecified atom stereocenters. The summed E-state index contributed by atoms with van der Waals surface area (Å²) in [6.07, 6.45) is 0. The van der Waals surface area contributed by atoms with E-state index in [0.29, 0.717) is 0 Å². The standard InChI is InChI=1S/C3H7FO2.Rf/c1-3(4,5)6-2;/h5H,1-2H3;. The van der Waals surface area contributed by atoms with Crippen LogP contribution in [0.25, 0.3) is 0 Å². The Bertz CT molecular complexity index is 42.7. The van der Waals surface area contributed by atoms with Crippen LogP contribution in [0.4, 0.5) is 4.39 Å². The maximum absolute atomic E-state index is 11.5. The summed E-state index contributed by atoms with van der Waals surface area (Å²) in [5, 5.41) is 7.94. The molecular formula is C3H7FO2Rf. The Morgan fingerprint density at radius 2 is 1.86 bits per heavy atom. The summed E-state index contributed by atoms with van der Waals surface area (Å²) in [7, 11) is 1.08. The Morgan fingerprint density at radius 1 is 1.71 bits per heavy atom. The third kappa shape index (κ3) is 11.5. The summed E-state index contributed by atoms with van der Waals surface area (Å²) in [5.41, 5.74) is 0. The molecule has 0 aromatic rings. The second kappa shape index (κ2) is 2.10. The molecule has 0 saturated heterocycles. The van der Waals surface area contributed by atoms with Gasteiger partial charge in [-0.3, -0.25) is 0 Å². The van der Waals surface area contributed by atoms with Crippen molar-refractivity contribution in [1.29, 1.82) is 0 Å². The molecule has 0 rings (SSSR count). The SMILES string of the molecule is COC(C)(O)F.[Rf]. The fraction of sp³-hybridized carbons (Fsp3) is 1.00. The van der Waals surface area contributed by atoms with E-state index in [1.165, 1.54) is 0 Å². The predicted octanol–water partition coefficient (Wildman–Crippen LogP) is 0.268. The number of alkyl halides is 1. The quantitative estimate of drug-likeness (QED) is 0.680. The van der Waals surface area contributed by atoms with Crippen LogP contribution in [0.3, 0.4) is 0 Å². The molecule has 0 aliphatic heterocycles. The van der Waals surface area contributed by atoms with Gasteiger partial charge in [0, 0.05) is 14.0 Å². The molecule has 4 heteroatoms. The minimum Gasteiger partial charge on any atom is -0.340 e. The normalized spacial score (nSPS) is 17.1. The summed E-state index contributed by atoms with van der Waals surface area (Å²) >= 11 is 0. The molecule has 1 atom stereocenters. The van der Waals surface area contributed by atoms with E-state index in [4.69, 9.17) is 5.11 Å². The zero-order valence-electron chi connectivity index (χ0n) is 4.44. The minimum atomic E-state index is -2.46. The van der Waals surface area contributed by atoms with Crippen LogP contribution in [0.1, 0.15) is 6.92 Å². The van der Waals surface area contributed by atoms with E-state index >= 15 is 0 Å². The Balaban J connectivity index is 0. The van der Waals surface area contributed by atoms with Crippen molar-refractivity contribution < 1.29 is 14.2 Å². The average molecular weight is 361 g/mol. The van der Waals surface area contributed by atoms with Crippen LogP contribution in [0.15, 0.2) is 0 Å². The van der Waals surface area contributed by atoms with Gasteiger partial charge in [-0.2, -0.15) is 4.39 Å². The van der Waals surface area contributed by atoms with Gasteiger partial charge in [0.2, 0.25) is 0 Å². The van der Waals surface area contributed by atoms with Crippen LogP contribution < -0.4 is 0 Å². The fourth-order valence-electron chi connectivity index (χ4n) is 0. The maximum Gasteiger partial charge on any atom is 0.314 e. The van der Waals surface area contributed by atoms with E-state index in [-0.39, 0.29) is 0 Å². The molecule has 0 aromatic heterocycles. The maximum atomic E-state index is 11.5. The number of aliphatic hydroxyl groups is 1. The molecular weight excluding hydrogens is 354 g/mol. The molecule has 1 N–H and O–H groups in total. The molecule has 2 nitrogen and oxygen atoms in total. The van der Waals surface area contributed by atoms with Crippen LogP contribution in [0.2, 0.25) is 0 Å². The number of methoxy groups -OCH3 is 1. The van der Waals surface area contributed by atoms with Crippen LogP contribution >= 0.6 is 0 Å². The number of ether oxygens (including phenoxy) is 1. The van der Waals surface area contributed by atoms with Gasteiger partial charge in [-0.1, -0.05) is 0 Å². The first-order valence-corrected chi connectivity index (χ1v) is 1.52. The van der Waals surface area contributed by atoms with E-state index < -0.39 is 6.04 Å². The largest absolute Gasteiger partial charge is 0.340 e. The van der Waals surface area contributed by atoms with Crippen molar-refractivity contribution >= 4 is 0 Å². The number of halogens is 1. The van der Waals surface area contributed by atoms with Crippen LogP contribution in [0.5, 0.6) is 0 Å². The molecule has 0 amide bonds. The summed E-state index contributed by atoms with van der Waals surface area (Å²) in [4.78, 5) is 0. The average Bonchev–Trinajstić information content (AvgIpc) is 1.35. The molecule has 0 spiro atoms. The van der Waals surface area contributed by atoms with Gasteiger partial charge < -0.3 is 9.84 Å². The zero-order valence-corrected chi connectivity index (χ0v) is 10.8. The Hall–Kier alpha value is -1.15. The smallest absolute Gasteiger partial charge is 0.314 e. The van der Waals surface area contributed by atoms with Crippen LogP contribution in [0, 0.1) is 0 Å². The summed E-state index contributed by atoms with van der Waals surface area (Å²) in [6, 6.07) is -2.46. The van der Waals surface area contributed by atoms with Gasteiger partial charge in [-0.15, -0.1) is 0 Å². The fourth-order valence-corrected chi connectivity index (χ4v) is 0. The number of hydrogen-bond acceptors (Lipinski definition) is 2. The van der Waals surface area contributed by atoms with E-state index in [0.717, 1.165) is 14.0 Å². The first-order chi connectivity index (χ1) is 2.56. The molecule has 0 aromatic carbocycles. The molecule has 0 bridgehead atoms. The third-order valence-corrected chi connectivity index (χ3v) is 0.373. The summed E-state index contributed by atoms with van der Waals surface area (Å²) in [6.45, 7) is 0.910. The van der Waals surface area contributed by atoms with Crippen LogP contribution in [-0.4, -0.2) is 18.3 Å². The topological polar surface area (TPSA) is 29.5 Å². The Morgan fingerprint density at radius 3 is 1.86 bits per heavy atom.